The number of ether oxygens (including phenoxy) is 1. The van der Waals surface area contributed by atoms with Gasteiger partial charge >= 0.3 is 6.36 Å². The average molecular weight is 361 g/mol. The summed E-state index contributed by atoms with van der Waals surface area (Å²) in [7, 11) is 0. The number of hydrogen-bond donors (Lipinski definition) is 2. The molecule has 2 aromatic carbocycles. The van der Waals surface area contributed by atoms with Crippen LogP contribution in [0.15, 0.2) is 40.9 Å². The van der Waals surface area contributed by atoms with Gasteiger partial charge in [0.25, 0.3) is 0 Å². The quantitative estimate of drug-likeness (QED) is 0.758. The summed E-state index contributed by atoms with van der Waals surface area (Å²) in [4.78, 5) is 0. The summed E-state index contributed by atoms with van der Waals surface area (Å²) in [5.74, 6) is -0.295. The monoisotopic (exact) mass is 360 g/mol. The molecule has 2 aromatic rings. The number of alkyl halides is 3. The minimum Gasteiger partial charge on any atom is -0.405 e. The molecule has 0 radical (unpaired) electrons. The fourth-order valence-electron chi connectivity index (χ4n) is 1.84. The lowest BCUT2D eigenvalue weighted by Crippen LogP contribution is -2.17. The van der Waals surface area contributed by atoms with E-state index in [0.29, 0.717) is 11.4 Å². The van der Waals surface area contributed by atoms with Crippen LogP contribution in [0.25, 0.3) is 0 Å². The molecular weight excluding hydrogens is 349 g/mol. The molecule has 0 heterocycles. The van der Waals surface area contributed by atoms with Crippen molar-refractivity contribution in [2.75, 3.05) is 11.1 Å². The molecule has 2 rings (SSSR count). The Morgan fingerprint density at radius 1 is 1.10 bits per heavy atom. The lowest BCUT2D eigenvalue weighted by Gasteiger charge is -2.13. The van der Waals surface area contributed by atoms with Gasteiger partial charge in [0.2, 0.25) is 0 Å². The summed E-state index contributed by atoms with van der Waals surface area (Å²) in [6.45, 7) is 1.90. The van der Waals surface area contributed by atoms with Crippen molar-refractivity contribution in [3.8, 4) is 5.75 Å². The van der Waals surface area contributed by atoms with Gasteiger partial charge < -0.3 is 15.8 Å². The number of nitrogens with two attached hydrogens (primary N) is 1. The molecule has 3 N–H and O–H groups in total. The van der Waals surface area contributed by atoms with Crippen LogP contribution in [-0.2, 0) is 0 Å². The zero-order chi connectivity index (χ0) is 15.6. The molecule has 0 amide bonds. The number of aryl methyl sites for hydroxylation is 1. The second kappa shape index (κ2) is 5.85. The highest BCUT2D eigenvalue weighted by Gasteiger charge is 2.31. The smallest absolute Gasteiger partial charge is 0.405 e. The molecule has 0 saturated heterocycles. The van der Waals surface area contributed by atoms with E-state index < -0.39 is 6.36 Å². The fraction of sp³-hybridized carbons (Fsp3) is 0.143. The Labute approximate surface area is 128 Å². The second-order valence-electron chi connectivity index (χ2n) is 4.45. The van der Waals surface area contributed by atoms with Gasteiger partial charge in [-0.25, -0.2) is 0 Å². The lowest BCUT2D eigenvalue weighted by atomic mass is 10.2. The molecule has 0 spiro atoms. The number of nitrogen functional groups attached to an aromatic ring is 1. The van der Waals surface area contributed by atoms with E-state index in [-0.39, 0.29) is 10.2 Å². The zero-order valence-corrected chi connectivity index (χ0v) is 12.5. The Balaban J connectivity index is 2.20. The molecule has 0 atom stereocenters. The topological polar surface area (TPSA) is 47.3 Å². The fourth-order valence-corrected chi connectivity index (χ4v) is 2.30. The Bertz CT molecular complexity index is 639. The Morgan fingerprint density at radius 2 is 1.81 bits per heavy atom. The van der Waals surface area contributed by atoms with E-state index in [9.17, 15) is 13.2 Å². The number of anilines is 3. The Hall–Kier alpha value is -1.89. The van der Waals surface area contributed by atoms with Crippen LogP contribution in [0.3, 0.4) is 0 Å². The standard InChI is InChI=1S/C14H12BrF3N2O/c1-8-4-9(19)6-11(5-8)20-10-2-3-13(12(15)7-10)21-14(16,17)18/h2-7,20H,19H2,1H3. The minimum atomic E-state index is -4.72. The van der Waals surface area contributed by atoms with Crippen molar-refractivity contribution in [3.63, 3.8) is 0 Å². The molecule has 3 nitrogen and oxygen atoms in total. The summed E-state index contributed by atoms with van der Waals surface area (Å²) < 4.78 is 40.6. The van der Waals surface area contributed by atoms with Crippen LogP contribution in [0.2, 0.25) is 0 Å². The molecule has 7 heteroatoms. The average Bonchev–Trinajstić information content (AvgIpc) is 2.30. The van der Waals surface area contributed by atoms with Crippen molar-refractivity contribution in [1.82, 2.24) is 0 Å². The molecule has 0 aliphatic rings. The number of nitrogens with one attached hydrogen (secondary N) is 1. The third-order valence-corrected chi connectivity index (χ3v) is 3.17. The van der Waals surface area contributed by atoms with Crippen molar-refractivity contribution in [1.29, 1.82) is 0 Å². The number of halogens is 4. The van der Waals surface area contributed by atoms with Crippen molar-refractivity contribution in [2.24, 2.45) is 0 Å². The van der Waals surface area contributed by atoms with Crippen molar-refractivity contribution >= 4 is 33.0 Å². The van der Waals surface area contributed by atoms with Crippen LogP contribution < -0.4 is 15.8 Å². The summed E-state index contributed by atoms with van der Waals surface area (Å²) in [5, 5.41) is 3.07. The van der Waals surface area contributed by atoms with Gasteiger partial charge in [-0.3, -0.25) is 0 Å². The summed E-state index contributed by atoms with van der Waals surface area (Å²) in [6, 6.07) is 9.66. The van der Waals surface area contributed by atoms with E-state index in [1.165, 1.54) is 18.2 Å². The van der Waals surface area contributed by atoms with Crippen LogP contribution in [0.5, 0.6) is 5.75 Å². The Morgan fingerprint density at radius 3 is 2.38 bits per heavy atom. The molecule has 0 aliphatic carbocycles. The van der Waals surface area contributed by atoms with Crippen molar-refractivity contribution < 1.29 is 17.9 Å². The van der Waals surface area contributed by atoms with Gasteiger partial charge in [0.05, 0.1) is 4.47 Å². The molecule has 21 heavy (non-hydrogen) atoms. The van der Waals surface area contributed by atoms with Gasteiger partial charge in [-0.05, 0) is 64.8 Å². The molecular formula is C14H12BrF3N2O. The van der Waals surface area contributed by atoms with Gasteiger partial charge in [-0.1, -0.05) is 0 Å². The van der Waals surface area contributed by atoms with Gasteiger partial charge in [0.1, 0.15) is 5.75 Å². The SMILES string of the molecule is Cc1cc(N)cc(Nc2ccc(OC(F)(F)F)c(Br)c2)c1. The molecule has 0 fully saturated rings. The van der Waals surface area contributed by atoms with E-state index in [0.717, 1.165) is 11.3 Å². The normalized spacial score (nSPS) is 11.3. The van der Waals surface area contributed by atoms with Crippen LogP contribution in [0, 0.1) is 6.92 Å². The van der Waals surface area contributed by atoms with Crippen molar-refractivity contribution in [3.05, 3.63) is 46.4 Å². The molecule has 0 unspecified atom stereocenters. The third-order valence-electron chi connectivity index (χ3n) is 2.55. The van der Waals surface area contributed by atoms with Crippen LogP contribution in [-0.4, -0.2) is 6.36 Å². The van der Waals surface area contributed by atoms with E-state index in [2.05, 4.69) is 26.0 Å². The largest absolute Gasteiger partial charge is 0.573 e. The van der Waals surface area contributed by atoms with E-state index in [1.807, 2.05) is 19.1 Å². The van der Waals surface area contributed by atoms with Gasteiger partial charge in [0, 0.05) is 17.1 Å². The van der Waals surface area contributed by atoms with Gasteiger partial charge in [0.15, 0.2) is 0 Å². The highest BCUT2D eigenvalue weighted by Crippen LogP contribution is 2.33. The van der Waals surface area contributed by atoms with Crippen LogP contribution in [0.1, 0.15) is 5.56 Å². The maximum atomic E-state index is 12.2. The predicted octanol–water partition coefficient (Wildman–Crippen LogP) is 4.98. The molecule has 0 aromatic heterocycles. The van der Waals surface area contributed by atoms with Gasteiger partial charge in [-0.2, -0.15) is 0 Å². The summed E-state index contributed by atoms with van der Waals surface area (Å²) >= 11 is 3.05. The van der Waals surface area contributed by atoms with E-state index in [1.54, 1.807) is 6.07 Å². The summed E-state index contributed by atoms with van der Waals surface area (Å²) in [6.07, 6.45) is -4.72. The van der Waals surface area contributed by atoms with Crippen molar-refractivity contribution in [2.45, 2.75) is 13.3 Å². The number of hydrogen-bond acceptors (Lipinski definition) is 3. The highest BCUT2D eigenvalue weighted by molar-refractivity contribution is 9.10. The molecule has 0 aliphatic heterocycles. The molecule has 112 valence electrons. The van der Waals surface area contributed by atoms with Crippen LogP contribution >= 0.6 is 15.9 Å². The lowest BCUT2D eigenvalue weighted by molar-refractivity contribution is -0.274. The first-order chi connectivity index (χ1) is 9.73. The Kier molecular flexibility index (Phi) is 4.32. The second-order valence-corrected chi connectivity index (χ2v) is 5.30. The zero-order valence-electron chi connectivity index (χ0n) is 11.0. The maximum Gasteiger partial charge on any atom is 0.573 e. The first kappa shape index (κ1) is 15.5. The van der Waals surface area contributed by atoms with E-state index >= 15 is 0 Å². The van der Waals surface area contributed by atoms with E-state index in [4.69, 9.17) is 5.73 Å². The minimum absolute atomic E-state index is 0.199. The third kappa shape index (κ3) is 4.56. The number of benzene rings is 2. The first-order valence-corrected chi connectivity index (χ1v) is 6.72. The highest BCUT2D eigenvalue weighted by atomic mass is 79.9. The first-order valence-electron chi connectivity index (χ1n) is 5.92. The molecule has 0 saturated carbocycles. The summed E-state index contributed by atoms with van der Waals surface area (Å²) in [5.41, 5.74) is 8.69. The predicted molar refractivity (Wildman–Crippen MR) is 79.7 cm³/mol. The van der Waals surface area contributed by atoms with Crippen LogP contribution in [0.4, 0.5) is 30.2 Å². The van der Waals surface area contributed by atoms with Gasteiger partial charge in [-0.15, -0.1) is 13.2 Å². The maximum absolute atomic E-state index is 12.2. The number of rotatable bonds is 3. The molecule has 0 bridgehead atoms.